The lowest BCUT2D eigenvalue weighted by Crippen LogP contribution is -2.29. The van der Waals surface area contributed by atoms with Gasteiger partial charge in [-0.2, -0.15) is 0 Å². The van der Waals surface area contributed by atoms with Gasteiger partial charge in [0.25, 0.3) is 0 Å². The topological polar surface area (TPSA) is 132 Å². The highest BCUT2D eigenvalue weighted by Gasteiger charge is 2.35. The van der Waals surface area contributed by atoms with Crippen molar-refractivity contribution in [1.82, 2.24) is 0 Å². The molecule has 47 heavy (non-hydrogen) atoms. The summed E-state index contributed by atoms with van der Waals surface area (Å²) in [5.74, 6) is -0.996. The highest BCUT2D eigenvalue weighted by Crippen LogP contribution is 2.36. The van der Waals surface area contributed by atoms with Crippen molar-refractivity contribution in [2.45, 2.75) is 148 Å². The second kappa shape index (κ2) is 28.7. The largest absolute Gasteiger partial charge is 0.469 e. The molecule has 1 rings (SSSR count). The Labute approximate surface area is 283 Å². The van der Waals surface area contributed by atoms with E-state index in [0.29, 0.717) is 25.0 Å². The van der Waals surface area contributed by atoms with Crippen LogP contribution in [-0.4, -0.2) is 53.3 Å². The third kappa shape index (κ3) is 28.4. The Kier molecular flexibility index (Phi) is 26.1. The van der Waals surface area contributed by atoms with Crippen molar-refractivity contribution in [3.05, 3.63) is 60.8 Å². The number of epoxide rings is 1. The molecule has 0 aromatic carbocycles. The molecule has 1 heterocycles. The molecular formula is C37H61O9P. The standard InChI is InChI=1S/C37H61O9P/c1-3-5-7-8-9-14-19-22-26-30-37(39)45-33(32-44-47(40,41)42)31-43-36(38)29-25-21-18-16-13-11-10-12-15-17-20-24-28-35-34(46-35)27-23-6-4-2/h6,11-13,15,18,20-21,23-24,33-35H,3-5,7-10,14,16-17,19,22,25-32H2,1-2H3,(H2,40,41,42)/b13-11-,15-12-,21-18-,23-6-,24-20-/t33-,34?,35?/m1/s1. The van der Waals surface area contributed by atoms with Crippen LogP contribution in [0.15, 0.2) is 60.8 Å². The van der Waals surface area contributed by atoms with Crippen LogP contribution in [-0.2, 0) is 32.9 Å². The first-order valence-electron chi connectivity index (χ1n) is 17.7. The Bertz CT molecular complexity index is 1010. The second-order valence-electron chi connectivity index (χ2n) is 11.9. The van der Waals surface area contributed by atoms with Crippen LogP contribution in [0, 0.1) is 0 Å². The number of rotatable bonds is 30. The number of esters is 2. The number of hydrogen-bond acceptors (Lipinski definition) is 7. The Morgan fingerprint density at radius 2 is 1.21 bits per heavy atom. The first-order chi connectivity index (χ1) is 22.7. The summed E-state index contributed by atoms with van der Waals surface area (Å²) in [6, 6.07) is 0. The monoisotopic (exact) mass is 680 g/mol. The molecule has 2 N–H and O–H groups in total. The van der Waals surface area contributed by atoms with E-state index in [0.717, 1.165) is 57.8 Å². The van der Waals surface area contributed by atoms with E-state index in [9.17, 15) is 14.2 Å². The number of carbonyl (C=O) groups excluding carboxylic acids is 2. The maximum atomic E-state index is 12.3. The van der Waals surface area contributed by atoms with Crippen LogP contribution in [0.1, 0.15) is 129 Å². The van der Waals surface area contributed by atoms with Gasteiger partial charge in [-0.25, -0.2) is 4.57 Å². The Morgan fingerprint density at radius 3 is 1.79 bits per heavy atom. The number of phosphoric ester groups is 1. The van der Waals surface area contributed by atoms with Gasteiger partial charge in [-0.15, -0.1) is 0 Å². The van der Waals surface area contributed by atoms with Gasteiger partial charge in [0, 0.05) is 12.8 Å². The summed E-state index contributed by atoms with van der Waals surface area (Å²) in [5, 5.41) is 0. The average molecular weight is 681 g/mol. The molecule has 0 amide bonds. The number of phosphoric acid groups is 1. The Balaban J connectivity index is 2.15. The number of carbonyl (C=O) groups is 2. The molecule has 1 aliphatic rings. The average Bonchev–Trinajstić information content (AvgIpc) is 3.79. The van der Waals surface area contributed by atoms with Gasteiger partial charge in [0.2, 0.25) is 0 Å². The first kappa shape index (κ1) is 42.7. The fourth-order valence-electron chi connectivity index (χ4n) is 4.73. The fraction of sp³-hybridized carbons (Fsp3) is 0.676. The highest BCUT2D eigenvalue weighted by atomic mass is 31.2. The van der Waals surface area contributed by atoms with E-state index in [1.54, 1.807) is 0 Å². The minimum absolute atomic E-state index is 0.137. The number of unbranched alkanes of at least 4 members (excludes halogenated alkanes) is 8. The normalized spacial score (nSPS) is 17.5. The molecule has 1 aliphatic heterocycles. The van der Waals surface area contributed by atoms with Gasteiger partial charge >= 0.3 is 19.8 Å². The molecular weight excluding hydrogens is 619 g/mol. The third-order valence-corrected chi connectivity index (χ3v) is 7.95. The summed E-state index contributed by atoms with van der Waals surface area (Å²) in [7, 11) is -4.76. The van der Waals surface area contributed by atoms with Crippen molar-refractivity contribution < 1.29 is 42.7 Å². The van der Waals surface area contributed by atoms with E-state index in [1.807, 2.05) is 12.2 Å². The highest BCUT2D eigenvalue weighted by molar-refractivity contribution is 7.46. The van der Waals surface area contributed by atoms with Gasteiger partial charge in [0.15, 0.2) is 6.10 Å². The van der Waals surface area contributed by atoms with Crippen LogP contribution in [0.2, 0.25) is 0 Å². The minimum atomic E-state index is -4.76. The molecule has 0 spiro atoms. The summed E-state index contributed by atoms with van der Waals surface area (Å²) in [6.45, 7) is 3.44. The van der Waals surface area contributed by atoms with Crippen LogP contribution in [0.4, 0.5) is 0 Å². The minimum Gasteiger partial charge on any atom is -0.462 e. The van der Waals surface area contributed by atoms with Crippen molar-refractivity contribution in [1.29, 1.82) is 0 Å². The zero-order chi connectivity index (χ0) is 34.4. The number of hydrogen-bond donors (Lipinski definition) is 2. The summed E-state index contributed by atoms with van der Waals surface area (Å²) in [4.78, 5) is 42.5. The lowest BCUT2D eigenvalue weighted by molar-refractivity contribution is -0.161. The maximum absolute atomic E-state index is 12.3. The molecule has 1 saturated heterocycles. The SMILES string of the molecule is CC/C=C\CC1OC1C/C=C\C/C=C\C/C=C\C/C=C\CCC(=O)OC[C@H](COP(=O)(O)O)OC(=O)CCCCCCCCCCC. The molecule has 0 saturated carbocycles. The van der Waals surface area contributed by atoms with Crippen LogP contribution in [0.5, 0.6) is 0 Å². The van der Waals surface area contributed by atoms with Crippen molar-refractivity contribution in [2.75, 3.05) is 13.2 Å². The van der Waals surface area contributed by atoms with E-state index in [4.69, 9.17) is 24.0 Å². The van der Waals surface area contributed by atoms with Gasteiger partial charge in [-0.3, -0.25) is 14.1 Å². The van der Waals surface area contributed by atoms with Crippen LogP contribution in [0.25, 0.3) is 0 Å². The molecule has 10 heteroatoms. The molecule has 2 unspecified atom stereocenters. The van der Waals surface area contributed by atoms with Crippen molar-refractivity contribution in [3.8, 4) is 0 Å². The molecule has 0 aromatic heterocycles. The van der Waals surface area contributed by atoms with E-state index < -0.39 is 32.5 Å². The Hall–Kier alpha value is -2.29. The van der Waals surface area contributed by atoms with Crippen molar-refractivity contribution in [3.63, 3.8) is 0 Å². The van der Waals surface area contributed by atoms with Gasteiger partial charge in [-0.05, 0) is 51.4 Å². The molecule has 0 aromatic rings. The number of allylic oxidation sites excluding steroid dienone is 8. The first-order valence-corrected chi connectivity index (χ1v) is 19.2. The summed E-state index contributed by atoms with van der Waals surface area (Å²) >= 11 is 0. The summed E-state index contributed by atoms with van der Waals surface area (Å²) in [5.41, 5.74) is 0. The second-order valence-corrected chi connectivity index (χ2v) is 13.1. The quantitative estimate of drug-likeness (QED) is 0.0251. The maximum Gasteiger partial charge on any atom is 0.469 e. The molecule has 3 atom stereocenters. The zero-order valence-electron chi connectivity index (χ0n) is 28.8. The molecule has 1 fully saturated rings. The van der Waals surface area contributed by atoms with E-state index in [-0.39, 0.29) is 19.4 Å². The molecule has 0 bridgehead atoms. The summed E-state index contributed by atoms with van der Waals surface area (Å²) < 4.78 is 31.8. The molecule has 268 valence electrons. The van der Waals surface area contributed by atoms with Crippen LogP contribution < -0.4 is 0 Å². The summed E-state index contributed by atoms with van der Waals surface area (Å²) in [6.07, 6.45) is 37.2. The van der Waals surface area contributed by atoms with Gasteiger partial charge < -0.3 is 24.0 Å². The smallest absolute Gasteiger partial charge is 0.462 e. The van der Waals surface area contributed by atoms with Crippen molar-refractivity contribution >= 4 is 19.8 Å². The van der Waals surface area contributed by atoms with Gasteiger partial charge in [0.1, 0.15) is 6.61 Å². The zero-order valence-corrected chi connectivity index (χ0v) is 29.7. The molecule has 9 nitrogen and oxygen atoms in total. The Morgan fingerprint density at radius 1 is 0.681 bits per heavy atom. The fourth-order valence-corrected chi connectivity index (χ4v) is 5.09. The van der Waals surface area contributed by atoms with E-state index in [1.165, 1.54) is 32.1 Å². The van der Waals surface area contributed by atoms with E-state index >= 15 is 0 Å². The third-order valence-electron chi connectivity index (χ3n) is 7.47. The lowest BCUT2D eigenvalue weighted by atomic mass is 10.1. The lowest BCUT2D eigenvalue weighted by Gasteiger charge is -2.18. The molecule has 0 radical (unpaired) electrons. The van der Waals surface area contributed by atoms with Gasteiger partial charge in [0.05, 0.1) is 18.8 Å². The molecule has 0 aliphatic carbocycles. The predicted octanol–water partition coefficient (Wildman–Crippen LogP) is 9.16. The predicted molar refractivity (Wildman–Crippen MR) is 188 cm³/mol. The van der Waals surface area contributed by atoms with Crippen molar-refractivity contribution in [2.24, 2.45) is 0 Å². The van der Waals surface area contributed by atoms with Gasteiger partial charge in [-0.1, -0.05) is 126 Å². The number of ether oxygens (including phenoxy) is 3. The van der Waals surface area contributed by atoms with Crippen LogP contribution >= 0.6 is 7.82 Å². The van der Waals surface area contributed by atoms with Crippen LogP contribution in [0.3, 0.4) is 0 Å². The van der Waals surface area contributed by atoms with E-state index in [2.05, 4.69) is 67.0 Å².